The summed E-state index contributed by atoms with van der Waals surface area (Å²) in [5, 5.41) is 11.6. The van der Waals surface area contributed by atoms with Crippen molar-refractivity contribution >= 4 is 39.1 Å². The number of sulfonamides is 1. The van der Waals surface area contributed by atoms with Crippen molar-refractivity contribution in [3.05, 3.63) is 65.2 Å². The van der Waals surface area contributed by atoms with E-state index in [1.807, 2.05) is 25.9 Å². The number of hydrogen-bond donors (Lipinski definition) is 1. The SMILES string of the molecule is CCCN1C(=O)C2(/C(=C(/O)c3ccc(S(=O)(=O)N(C)C)cc3)C(=O)C(=O)N2CCCN(C)C)c2ccccc21. The van der Waals surface area contributed by atoms with Gasteiger partial charge >= 0.3 is 0 Å². The summed E-state index contributed by atoms with van der Waals surface area (Å²) in [5.41, 5.74) is -0.970. The van der Waals surface area contributed by atoms with Crippen LogP contribution in [0.25, 0.3) is 5.76 Å². The number of para-hydroxylation sites is 1. The minimum Gasteiger partial charge on any atom is -0.507 e. The highest BCUT2D eigenvalue weighted by Crippen LogP contribution is 2.53. The van der Waals surface area contributed by atoms with Crippen LogP contribution in [-0.4, -0.2) is 93.1 Å². The molecule has 208 valence electrons. The third-order valence-corrected chi connectivity index (χ3v) is 8.98. The van der Waals surface area contributed by atoms with Crippen LogP contribution in [0.3, 0.4) is 0 Å². The van der Waals surface area contributed by atoms with Crippen molar-refractivity contribution < 1.29 is 27.9 Å². The normalized spacial score (nSPS) is 20.6. The highest BCUT2D eigenvalue weighted by atomic mass is 32.2. The number of Topliss-reactive ketones (excluding diaryl/α,β-unsaturated/α-hetero) is 1. The summed E-state index contributed by atoms with van der Waals surface area (Å²) >= 11 is 0. The molecule has 0 aromatic heterocycles. The van der Waals surface area contributed by atoms with E-state index in [1.165, 1.54) is 43.3 Å². The Morgan fingerprint density at radius 2 is 1.59 bits per heavy atom. The van der Waals surface area contributed by atoms with Crippen LogP contribution in [0.5, 0.6) is 0 Å². The number of fused-ring (bicyclic) bond motifs is 2. The third kappa shape index (κ3) is 4.44. The lowest BCUT2D eigenvalue weighted by Crippen LogP contribution is -2.52. The Morgan fingerprint density at radius 3 is 2.18 bits per heavy atom. The Bertz CT molecular complexity index is 1450. The van der Waals surface area contributed by atoms with Gasteiger partial charge in [0.25, 0.3) is 17.6 Å². The minimum atomic E-state index is -3.73. The van der Waals surface area contributed by atoms with Crippen molar-refractivity contribution in [3.63, 3.8) is 0 Å². The average molecular weight is 555 g/mol. The van der Waals surface area contributed by atoms with Crippen LogP contribution < -0.4 is 4.90 Å². The van der Waals surface area contributed by atoms with E-state index < -0.39 is 38.9 Å². The molecule has 0 saturated carbocycles. The van der Waals surface area contributed by atoms with E-state index in [9.17, 15) is 27.9 Å². The molecule has 0 radical (unpaired) electrons. The Labute approximate surface area is 229 Å². The minimum absolute atomic E-state index is 0.000639. The van der Waals surface area contributed by atoms with Crippen LogP contribution in [0.2, 0.25) is 0 Å². The van der Waals surface area contributed by atoms with E-state index in [-0.39, 0.29) is 22.6 Å². The molecular weight excluding hydrogens is 520 g/mol. The molecule has 1 N–H and O–H groups in total. The van der Waals surface area contributed by atoms with Gasteiger partial charge in [0.2, 0.25) is 10.0 Å². The Hall–Kier alpha value is -3.54. The fourth-order valence-corrected chi connectivity index (χ4v) is 6.20. The summed E-state index contributed by atoms with van der Waals surface area (Å²) < 4.78 is 26.1. The predicted molar refractivity (Wildman–Crippen MR) is 148 cm³/mol. The molecule has 2 amide bonds. The van der Waals surface area contributed by atoms with E-state index in [2.05, 4.69) is 0 Å². The number of aliphatic hydroxyl groups is 1. The van der Waals surface area contributed by atoms with E-state index >= 15 is 0 Å². The zero-order valence-electron chi connectivity index (χ0n) is 22.8. The van der Waals surface area contributed by atoms with E-state index in [0.717, 1.165) is 4.31 Å². The molecule has 39 heavy (non-hydrogen) atoms. The first kappa shape index (κ1) is 28.5. The first-order valence-electron chi connectivity index (χ1n) is 12.8. The lowest BCUT2D eigenvalue weighted by Gasteiger charge is -2.34. The summed E-state index contributed by atoms with van der Waals surface area (Å²) in [4.78, 5) is 46.3. The number of carbonyl (C=O) groups excluding carboxylic acids is 3. The molecule has 4 rings (SSSR count). The molecule has 10 nitrogen and oxygen atoms in total. The van der Waals surface area contributed by atoms with Crippen molar-refractivity contribution in [2.75, 3.05) is 52.7 Å². The van der Waals surface area contributed by atoms with Crippen LogP contribution in [0.15, 0.2) is 59.0 Å². The number of nitrogens with zero attached hydrogens (tertiary/aromatic N) is 4. The number of rotatable bonds is 9. The van der Waals surface area contributed by atoms with Crippen molar-refractivity contribution in [3.8, 4) is 0 Å². The van der Waals surface area contributed by atoms with Crippen molar-refractivity contribution in [2.24, 2.45) is 0 Å². The van der Waals surface area contributed by atoms with Gasteiger partial charge in [-0.15, -0.1) is 0 Å². The van der Waals surface area contributed by atoms with E-state index in [0.29, 0.717) is 37.2 Å². The average Bonchev–Trinajstić information content (AvgIpc) is 3.27. The van der Waals surface area contributed by atoms with Gasteiger partial charge in [-0.3, -0.25) is 14.4 Å². The molecule has 2 heterocycles. The first-order chi connectivity index (χ1) is 18.4. The molecule has 1 unspecified atom stereocenters. The second-order valence-corrected chi connectivity index (χ2v) is 12.3. The number of anilines is 1. The highest BCUT2D eigenvalue weighted by molar-refractivity contribution is 7.89. The molecule has 1 spiro atoms. The monoisotopic (exact) mass is 554 g/mol. The van der Waals surface area contributed by atoms with E-state index in [4.69, 9.17) is 0 Å². The van der Waals surface area contributed by atoms with Gasteiger partial charge in [0.1, 0.15) is 5.76 Å². The van der Waals surface area contributed by atoms with E-state index in [1.54, 1.807) is 29.2 Å². The van der Waals surface area contributed by atoms with Gasteiger partial charge in [-0.05, 0) is 63.8 Å². The Kier molecular flexibility index (Phi) is 7.70. The standard InChI is InChI=1S/C28H34N4O6S/c1-6-16-31-22-11-8-7-10-21(22)28(27(31)36)23(25(34)26(35)32(28)18-9-17-29(2)3)24(33)19-12-14-20(15-13-19)39(37,38)30(4)5/h7-8,10-15,33H,6,9,16-18H2,1-5H3/b24-23+. The molecule has 2 aliphatic heterocycles. The predicted octanol–water partition coefficient (Wildman–Crippen LogP) is 2.22. The van der Waals surface area contributed by atoms with Gasteiger partial charge in [0.15, 0.2) is 5.54 Å². The largest absolute Gasteiger partial charge is 0.507 e. The van der Waals surface area contributed by atoms with Crippen LogP contribution >= 0.6 is 0 Å². The molecule has 1 fully saturated rings. The molecule has 2 aromatic carbocycles. The second-order valence-electron chi connectivity index (χ2n) is 10.2. The summed E-state index contributed by atoms with van der Waals surface area (Å²) in [6.07, 6.45) is 1.15. The maximum Gasteiger partial charge on any atom is 0.296 e. The van der Waals surface area contributed by atoms with Gasteiger partial charge in [0, 0.05) is 38.3 Å². The molecular formula is C28H34N4O6S. The van der Waals surface area contributed by atoms with Gasteiger partial charge in [0.05, 0.1) is 16.2 Å². The van der Waals surface area contributed by atoms with Gasteiger partial charge in [-0.25, -0.2) is 12.7 Å². The molecule has 0 bridgehead atoms. The number of amides is 2. The van der Waals surface area contributed by atoms with Crippen LogP contribution in [0.1, 0.15) is 30.9 Å². The zero-order valence-corrected chi connectivity index (χ0v) is 23.7. The quantitative estimate of drug-likeness (QED) is 0.287. The molecule has 2 aliphatic rings. The number of carbonyl (C=O) groups is 3. The molecule has 11 heteroatoms. The van der Waals surface area contributed by atoms with Crippen molar-refractivity contribution in [1.29, 1.82) is 0 Å². The van der Waals surface area contributed by atoms with Crippen LogP contribution in [0, 0.1) is 0 Å². The maximum absolute atomic E-state index is 14.3. The molecule has 0 aliphatic carbocycles. The van der Waals surface area contributed by atoms with Crippen LogP contribution in [-0.2, 0) is 29.9 Å². The molecule has 1 atom stereocenters. The van der Waals surface area contributed by atoms with Crippen LogP contribution in [0.4, 0.5) is 5.69 Å². The van der Waals surface area contributed by atoms with Crippen molar-refractivity contribution in [1.82, 2.24) is 14.1 Å². The molecule has 1 saturated heterocycles. The number of likely N-dealkylation sites (tertiary alicyclic amines) is 1. The zero-order chi connectivity index (χ0) is 28.7. The smallest absolute Gasteiger partial charge is 0.296 e. The summed E-state index contributed by atoms with van der Waals surface area (Å²) in [6.45, 7) is 3.05. The van der Waals surface area contributed by atoms with Crippen molar-refractivity contribution in [2.45, 2.75) is 30.2 Å². The fraction of sp³-hybridized carbons (Fsp3) is 0.393. The number of benzene rings is 2. The molecule has 2 aromatic rings. The van der Waals surface area contributed by atoms with Gasteiger partial charge < -0.3 is 19.8 Å². The summed E-state index contributed by atoms with van der Waals surface area (Å²) in [6, 6.07) is 12.4. The Balaban J connectivity index is 1.96. The summed E-state index contributed by atoms with van der Waals surface area (Å²) in [5.74, 6) is -2.81. The number of ketones is 1. The van der Waals surface area contributed by atoms with Gasteiger partial charge in [-0.2, -0.15) is 0 Å². The Morgan fingerprint density at radius 1 is 0.949 bits per heavy atom. The third-order valence-electron chi connectivity index (χ3n) is 7.15. The lowest BCUT2D eigenvalue weighted by atomic mass is 9.82. The number of aliphatic hydroxyl groups excluding tert-OH is 1. The lowest BCUT2D eigenvalue weighted by molar-refractivity contribution is -0.143. The fourth-order valence-electron chi connectivity index (χ4n) is 5.30. The highest BCUT2D eigenvalue weighted by Gasteiger charge is 2.66. The van der Waals surface area contributed by atoms with Gasteiger partial charge in [-0.1, -0.05) is 25.1 Å². The second kappa shape index (κ2) is 10.6. The first-order valence-corrected chi connectivity index (χ1v) is 14.2. The topological polar surface area (TPSA) is 119 Å². The summed E-state index contributed by atoms with van der Waals surface area (Å²) in [7, 11) is 2.87. The number of hydrogen-bond acceptors (Lipinski definition) is 7. The maximum atomic E-state index is 14.3.